The smallest absolute Gasteiger partial charge is 0.337 e. The van der Waals surface area contributed by atoms with Crippen LogP contribution in [-0.4, -0.2) is 74.8 Å². The second-order valence-corrected chi connectivity index (χ2v) is 7.20. The van der Waals surface area contributed by atoms with Crippen LogP contribution in [0.4, 0.5) is 10.5 Å². The zero-order valence-electron chi connectivity index (χ0n) is 16.0. The first-order valence-electron chi connectivity index (χ1n) is 9.70. The van der Waals surface area contributed by atoms with Gasteiger partial charge in [-0.25, -0.2) is 9.59 Å². The summed E-state index contributed by atoms with van der Waals surface area (Å²) in [5.41, 5.74) is 1.15. The van der Waals surface area contributed by atoms with Crippen LogP contribution in [0.3, 0.4) is 0 Å². The number of nitrogens with zero attached hydrogens (tertiary/aromatic N) is 2. The van der Waals surface area contributed by atoms with Gasteiger partial charge in [0.05, 0.1) is 25.9 Å². The first-order valence-corrected chi connectivity index (χ1v) is 9.70. The molecule has 1 unspecified atom stereocenters. The molecule has 0 aliphatic carbocycles. The van der Waals surface area contributed by atoms with Crippen molar-refractivity contribution in [2.24, 2.45) is 5.92 Å². The van der Waals surface area contributed by atoms with E-state index in [1.807, 2.05) is 4.90 Å². The fourth-order valence-electron chi connectivity index (χ4n) is 3.71. The van der Waals surface area contributed by atoms with Crippen molar-refractivity contribution in [1.82, 2.24) is 9.80 Å². The number of morpholine rings is 1. The van der Waals surface area contributed by atoms with E-state index in [0.717, 1.165) is 65.2 Å². The van der Waals surface area contributed by atoms with Gasteiger partial charge in [0, 0.05) is 38.4 Å². The van der Waals surface area contributed by atoms with Crippen molar-refractivity contribution in [3.05, 3.63) is 29.8 Å². The number of methoxy groups -OCH3 is 1. The van der Waals surface area contributed by atoms with Crippen LogP contribution in [0.5, 0.6) is 0 Å². The molecule has 2 fully saturated rings. The van der Waals surface area contributed by atoms with E-state index in [0.29, 0.717) is 17.2 Å². The molecular weight excluding hydrogens is 346 g/mol. The van der Waals surface area contributed by atoms with Crippen LogP contribution in [0, 0.1) is 5.92 Å². The first-order chi connectivity index (χ1) is 13.2. The number of amides is 2. The molecule has 2 saturated heterocycles. The molecule has 2 aliphatic rings. The molecule has 2 heterocycles. The van der Waals surface area contributed by atoms with E-state index in [-0.39, 0.29) is 12.0 Å². The van der Waals surface area contributed by atoms with Crippen molar-refractivity contribution >= 4 is 17.7 Å². The zero-order valence-corrected chi connectivity index (χ0v) is 16.0. The lowest BCUT2D eigenvalue weighted by molar-refractivity contribution is 0.0297. The second-order valence-electron chi connectivity index (χ2n) is 7.20. The third-order valence-electron chi connectivity index (χ3n) is 5.31. The topological polar surface area (TPSA) is 71.1 Å². The number of ether oxygens (including phenoxy) is 2. The summed E-state index contributed by atoms with van der Waals surface area (Å²) in [4.78, 5) is 28.4. The quantitative estimate of drug-likeness (QED) is 0.819. The summed E-state index contributed by atoms with van der Waals surface area (Å²) in [5, 5.41) is 2.93. The van der Waals surface area contributed by atoms with Crippen molar-refractivity contribution in [3.8, 4) is 0 Å². The van der Waals surface area contributed by atoms with E-state index in [2.05, 4.69) is 15.0 Å². The SMILES string of the molecule is COC(=O)c1ccc(NC(=O)N2CCCC(CN3CCOCC3)CC2)cc1. The van der Waals surface area contributed by atoms with Crippen molar-refractivity contribution in [1.29, 1.82) is 0 Å². The highest BCUT2D eigenvalue weighted by Gasteiger charge is 2.23. The third-order valence-corrected chi connectivity index (χ3v) is 5.31. The van der Waals surface area contributed by atoms with Crippen LogP contribution in [0.25, 0.3) is 0 Å². The van der Waals surface area contributed by atoms with E-state index < -0.39 is 0 Å². The van der Waals surface area contributed by atoms with Crippen LogP contribution in [-0.2, 0) is 9.47 Å². The molecule has 1 aromatic rings. The number of anilines is 1. The number of esters is 1. The molecule has 0 aromatic heterocycles. The number of benzene rings is 1. The molecular formula is C20H29N3O4. The summed E-state index contributed by atoms with van der Waals surface area (Å²) in [6.07, 6.45) is 3.23. The van der Waals surface area contributed by atoms with Crippen molar-refractivity contribution in [2.45, 2.75) is 19.3 Å². The standard InChI is InChI=1S/C20H29N3O4/c1-26-19(24)17-4-6-18(7-5-17)21-20(25)23-9-2-3-16(8-10-23)15-22-11-13-27-14-12-22/h4-7,16H,2-3,8-15H2,1H3,(H,21,25). The lowest BCUT2D eigenvalue weighted by atomic mass is 10.00. The van der Waals surface area contributed by atoms with E-state index >= 15 is 0 Å². The number of likely N-dealkylation sites (tertiary alicyclic amines) is 1. The molecule has 1 atom stereocenters. The van der Waals surface area contributed by atoms with Crippen molar-refractivity contribution < 1.29 is 19.1 Å². The number of hydrogen-bond donors (Lipinski definition) is 1. The van der Waals surface area contributed by atoms with E-state index in [1.165, 1.54) is 7.11 Å². The molecule has 27 heavy (non-hydrogen) atoms. The van der Waals surface area contributed by atoms with Crippen LogP contribution >= 0.6 is 0 Å². The number of carbonyl (C=O) groups excluding carboxylic acids is 2. The summed E-state index contributed by atoms with van der Waals surface area (Å²) in [6.45, 7) is 6.36. The molecule has 2 amide bonds. The molecule has 0 saturated carbocycles. The van der Waals surface area contributed by atoms with Gasteiger partial charge in [-0.15, -0.1) is 0 Å². The summed E-state index contributed by atoms with van der Waals surface area (Å²) >= 11 is 0. The Morgan fingerprint density at radius 3 is 2.56 bits per heavy atom. The highest BCUT2D eigenvalue weighted by atomic mass is 16.5. The Morgan fingerprint density at radius 1 is 1.11 bits per heavy atom. The number of rotatable bonds is 4. The Labute approximate surface area is 160 Å². The summed E-state index contributed by atoms with van der Waals surface area (Å²) in [5.74, 6) is 0.256. The molecule has 0 radical (unpaired) electrons. The average Bonchev–Trinajstić information content (AvgIpc) is 2.94. The molecule has 148 valence electrons. The van der Waals surface area contributed by atoms with Gasteiger partial charge < -0.3 is 19.7 Å². The fraction of sp³-hybridized carbons (Fsp3) is 0.600. The maximum atomic E-state index is 12.6. The fourth-order valence-corrected chi connectivity index (χ4v) is 3.71. The molecule has 3 rings (SSSR count). The summed E-state index contributed by atoms with van der Waals surface area (Å²) in [7, 11) is 1.35. The predicted molar refractivity (Wildman–Crippen MR) is 103 cm³/mol. The normalized spacial score (nSPS) is 21.4. The minimum Gasteiger partial charge on any atom is -0.465 e. The van der Waals surface area contributed by atoms with Gasteiger partial charge in [0.2, 0.25) is 0 Å². The summed E-state index contributed by atoms with van der Waals surface area (Å²) in [6, 6.07) is 6.68. The van der Waals surface area contributed by atoms with Crippen LogP contribution < -0.4 is 5.32 Å². The molecule has 0 spiro atoms. The highest BCUT2D eigenvalue weighted by Crippen LogP contribution is 2.20. The Bertz CT molecular complexity index is 629. The van der Waals surface area contributed by atoms with Crippen molar-refractivity contribution in [2.75, 3.05) is 58.4 Å². The van der Waals surface area contributed by atoms with Gasteiger partial charge in [0.15, 0.2) is 0 Å². The Hall–Kier alpha value is -2.12. The molecule has 0 bridgehead atoms. The summed E-state index contributed by atoms with van der Waals surface area (Å²) < 4.78 is 10.1. The van der Waals surface area contributed by atoms with Gasteiger partial charge >= 0.3 is 12.0 Å². The second kappa shape index (κ2) is 9.71. The minimum absolute atomic E-state index is 0.0761. The van der Waals surface area contributed by atoms with Crippen LogP contribution in [0.2, 0.25) is 0 Å². The van der Waals surface area contributed by atoms with E-state index in [9.17, 15) is 9.59 Å². The Morgan fingerprint density at radius 2 is 1.85 bits per heavy atom. The Balaban J connectivity index is 1.48. The molecule has 1 aromatic carbocycles. The lowest BCUT2D eigenvalue weighted by Crippen LogP contribution is -2.39. The first kappa shape index (κ1) is 19.6. The maximum absolute atomic E-state index is 12.6. The number of carbonyl (C=O) groups is 2. The molecule has 7 heteroatoms. The molecule has 7 nitrogen and oxygen atoms in total. The van der Waals surface area contributed by atoms with Gasteiger partial charge in [0.1, 0.15) is 0 Å². The van der Waals surface area contributed by atoms with Gasteiger partial charge in [-0.3, -0.25) is 4.90 Å². The third kappa shape index (κ3) is 5.68. The number of nitrogens with one attached hydrogen (secondary N) is 1. The average molecular weight is 375 g/mol. The van der Waals surface area contributed by atoms with Crippen LogP contribution in [0.1, 0.15) is 29.6 Å². The number of hydrogen-bond acceptors (Lipinski definition) is 5. The largest absolute Gasteiger partial charge is 0.465 e. The molecule has 2 aliphatic heterocycles. The Kier molecular flexibility index (Phi) is 7.06. The highest BCUT2D eigenvalue weighted by molar-refractivity contribution is 5.92. The maximum Gasteiger partial charge on any atom is 0.337 e. The zero-order chi connectivity index (χ0) is 19.1. The molecule has 1 N–H and O–H groups in total. The predicted octanol–water partition coefficient (Wildman–Crippen LogP) is 2.44. The number of urea groups is 1. The van der Waals surface area contributed by atoms with Gasteiger partial charge in [0.25, 0.3) is 0 Å². The van der Waals surface area contributed by atoms with Crippen LogP contribution in [0.15, 0.2) is 24.3 Å². The van der Waals surface area contributed by atoms with E-state index in [1.54, 1.807) is 24.3 Å². The van der Waals surface area contributed by atoms with E-state index in [4.69, 9.17) is 4.74 Å². The lowest BCUT2D eigenvalue weighted by Gasteiger charge is -2.30. The van der Waals surface area contributed by atoms with Crippen molar-refractivity contribution in [3.63, 3.8) is 0 Å². The minimum atomic E-state index is -0.383. The monoisotopic (exact) mass is 375 g/mol. The van der Waals surface area contributed by atoms with Gasteiger partial charge in [-0.1, -0.05) is 0 Å². The van der Waals surface area contributed by atoms with Gasteiger partial charge in [-0.05, 0) is 49.4 Å². The van der Waals surface area contributed by atoms with Gasteiger partial charge in [-0.2, -0.15) is 0 Å².